The van der Waals surface area contributed by atoms with E-state index in [0.717, 1.165) is 34.7 Å². The van der Waals surface area contributed by atoms with Crippen molar-refractivity contribution in [2.24, 2.45) is 0 Å². The molecule has 1 amide bonds. The van der Waals surface area contributed by atoms with E-state index in [-0.39, 0.29) is 5.91 Å². The number of nitrogens with zero attached hydrogens (tertiary/aromatic N) is 5. The average molecular weight is 464 g/mol. The van der Waals surface area contributed by atoms with E-state index in [1.807, 2.05) is 67.5 Å². The number of amides is 1. The zero-order valence-electron chi connectivity index (χ0n) is 19.5. The molecule has 2 heterocycles. The van der Waals surface area contributed by atoms with Crippen molar-refractivity contribution in [3.8, 4) is 17.1 Å². The number of carbonyl (C=O) groups excluding carboxylic acids is 1. The Hall–Kier alpha value is -3.13. The van der Waals surface area contributed by atoms with Crippen LogP contribution >= 0.6 is 11.8 Å². The summed E-state index contributed by atoms with van der Waals surface area (Å²) >= 11 is 1.58. The minimum absolute atomic E-state index is 0.126. The lowest BCUT2D eigenvalue weighted by molar-refractivity contribution is -0.118. The van der Waals surface area contributed by atoms with Crippen molar-refractivity contribution in [3.05, 3.63) is 54.1 Å². The molecule has 0 saturated heterocycles. The number of anilines is 2. The van der Waals surface area contributed by atoms with Crippen molar-refractivity contribution in [1.29, 1.82) is 0 Å². The second-order valence-electron chi connectivity index (χ2n) is 8.17. The van der Waals surface area contributed by atoms with Crippen LogP contribution in [0.25, 0.3) is 11.3 Å². The van der Waals surface area contributed by atoms with E-state index in [1.165, 1.54) is 12.8 Å². The highest BCUT2D eigenvalue weighted by Crippen LogP contribution is 2.43. The summed E-state index contributed by atoms with van der Waals surface area (Å²) < 4.78 is 6.43. The molecule has 1 aliphatic rings. The van der Waals surface area contributed by atoms with Gasteiger partial charge in [0.05, 0.1) is 5.69 Å². The van der Waals surface area contributed by atoms with Crippen molar-refractivity contribution in [1.82, 2.24) is 15.2 Å². The van der Waals surface area contributed by atoms with Crippen LogP contribution in [0.5, 0.6) is 5.88 Å². The smallest absolute Gasteiger partial charge is 0.247 e. The fraction of sp³-hybridized carbons (Fsp3) is 0.360. The fourth-order valence-electron chi connectivity index (χ4n) is 3.78. The van der Waals surface area contributed by atoms with Gasteiger partial charge in [-0.05, 0) is 24.6 Å². The van der Waals surface area contributed by atoms with Gasteiger partial charge in [-0.15, -0.1) is 10.2 Å². The van der Waals surface area contributed by atoms with Crippen LogP contribution in [0.15, 0.2) is 53.7 Å². The highest BCUT2D eigenvalue weighted by Gasteiger charge is 2.34. The molecular weight excluding hydrogens is 434 g/mol. The Morgan fingerprint density at radius 1 is 1.09 bits per heavy atom. The zero-order chi connectivity index (χ0) is 23.4. The molecule has 0 spiro atoms. The van der Waals surface area contributed by atoms with Gasteiger partial charge in [0.25, 0.3) is 0 Å². The monoisotopic (exact) mass is 463 g/mol. The largest absolute Gasteiger partial charge is 0.447 e. The lowest BCUT2D eigenvalue weighted by atomic mass is 10.1. The molecule has 4 rings (SSSR count). The molecule has 0 aliphatic carbocycles. The van der Waals surface area contributed by atoms with Crippen LogP contribution in [-0.2, 0) is 4.79 Å². The van der Waals surface area contributed by atoms with Gasteiger partial charge in [-0.1, -0.05) is 61.9 Å². The van der Waals surface area contributed by atoms with Crippen LogP contribution in [0.1, 0.15) is 44.9 Å². The van der Waals surface area contributed by atoms with E-state index in [0.29, 0.717) is 16.7 Å². The molecule has 1 aromatic heterocycles. The Morgan fingerprint density at radius 2 is 1.85 bits per heavy atom. The number of aromatic nitrogens is 3. The Bertz CT molecular complexity index is 1120. The van der Waals surface area contributed by atoms with Crippen LogP contribution in [0.4, 0.5) is 11.4 Å². The van der Waals surface area contributed by atoms with Gasteiger partial charge in [-0.2, -0.15) is 4.98 Å². The molecule has 172 valence electrons. The van der Waals surface area contributed by atoms with Gasteiger partial charge in [-0.3, -0.25) is 9.69 Å². The maximum Gasteiger partial charge on any atom is 0.247 e. The van der Waals surface area contributed by atoms with Crippen LogP contribution < -0.4 is 14.5 Å². The summed E-state index contributed by atoms with van der Waals surface area (Å²) in [4.78, 5) is 21.3. The van der Waals surface area contributed by atoms with Crippen molar-refractivity contribution in [2.45, 2.75) is 44.5 Å². The summed E-state index contributed by atoms with van der Waals surface area (Å²) in [5.41, 5.74) is 3.97. The lowest BCUT2D eigenvalue weighted by Crippen LogP contribution is -2.36. The summed E-state index contributed by atoms with van der Waals surface area (Å²) in [6.07, 6.45) is 2.77. The number of fused-ring (bicyclic) bond motifs is 3. The molecule has 0 radical (unpaired) electrons. The van der Waals surface area contributed by atoms with Crippen molar-refractivity contribution in [2.75, 3.05) is 29.6 Å². The summed E-state index contributed by atoms with van der Waals surface area (Å²) in [6, 6.07) is 15.7. The quantitative estimate of drug-likeness (QED) is 0.346. The predicted molar refractivity (Wildman–Crippen MR) is 133 cm³/mol. The second-order valence-corrected chi connectivity index (χ2v) is 9.23. The summed E-state index contributed by atoms with van der Waals surface area (Å²) in [5.74, 6) is 1.19. The molecule has 0 N–H and O–H groups in total. The Morgan fingerprint density at radius 3 is 2.55 bits per heavy atom. The number of hydrogen-bond acceptors (Lipinski definition) is 7. The Labute approximate surface area is 199 Å². The predicted octanol–water partition coefficient (Wildman–Crippen LogP) is 5.33. The van der Waals surface area contributed by atoms with Gasteiger partial charge in [0.2, 0.25) is 23.2 Å². The van der Waals surface area contributed by atoms with Gasteiger partial charge in [-0.25, -0.2) is 0 Å². The normalized spacial score (nSPS) is 14.7. The lowest BCUT2D eigenvalue weighted by Gasteiger charge is -2.30. The van der Waals surface area contributed by atoms with Crippen LogP contribution in [0, 0.1) is 0 Å². The molecule has 33 heavy (non-hydrogen) atoms. The third-order valence-electron chi connectivity index (χ3n) is 5.52. The van der Waals surface area contributed by atoms with E-state index < -0.39 is 6.23 Å². The highest BCUT2D eigenvalue weighted by molar-refractivity contribution is 7.99. The van der Waals surface area contributed by atoms with Gasteiger partial charge in [0.1, 0.15) is 0 Å². The molecule has 8 heteroatoms. The molecular formula is C25H29N5O2S. The van der Waals surface area contributed by atoms with Gasteiger partial charge >= 0.3 is 0 Å². The van der Waals surface area contributed by atoms with Crippen LogP contribution in [-0.4, -0.2) is 40.9 Å². The molecule has 2 aromatic carbocycles. The highest BCUT2D eigenvalue weighted by atomic mass is 32.2. The van der Waals surface area contributed by atoms with Gasteiger partial charge in [0.15, 0.2) is 5.69 Å². The Balaban J connectivity index is 1.78. The first-order chi connectivity index (χ1) is 16.0. The topological polar surface area (TPSA) is 71.5 Å². The number of carbonyl (C=O) groups is 1. The van der Waals surface area contributed by atoms with E-state index >= 15 is 0 Å². The number of para-hydroxylation sites is 1. The zero-order valence-corrected chi connectivity index (χ0v) is 20.3. The van der Waals surface area contributed by atoms with Crippen LogP contribution in [0.2, 0.25) is 0 Å². The van der Waals surface area contributed by atoms with Crippen LogP contribution in [0.3, 0.4) is 0 Å². The number of unbranched alkanes of at least 4 members (excludes halogenated alkanes) is 2. The molecule has 7 nitrogen and oxygen atoms in total. The molecule has 1 atom stereocenters. The summed E-state index contributed by atoms with van der Waals surface area (Å²) in [5, 5.41) is 9.40. The second kappa shape index (κ2) is 10.2. The maximum atomic E-state index is 12.9. The number of ether oxygens (including phenoxy) is 1. The number of rotatable bonds is 7. The maximum absolute atomic E-state index is 12.9. The average Bonchev–Trinajstić information content (AvgIpc) is 2.96. The number of benzene rings is 2. The molecule has 0 saturated carbocycles. The van der Waals surface area contributed by atoms with Gasteiger partial charge < -0.3 is 9.64 Å². The third kappa shape index (κ3) is 4.95. The summed E-state index contributed by atoms with van der Waals surface area (Å²) in [6.45, 7) is 3.73. The Kier molecular flexibility index (Phi) is 7.13. The molecule has 1 aliphatic heterocycles. The SMILES string of the molecule is CCCCCSc1nnc2c(n1)O[C@@H](c1ccc(N(C)C)cc1)N(C(C)=O)c1ccccc1-2. The van der Waals surface area contributed by atoms with E-state index in [9.17, 15) is 4.79 Å². The molecule has 3 aromatic rings. The summed E-state index contributed by atoms with van der Waals surface area (Å²) in [7, 11) is 3.99. The molecule has 0 unspecified atom stereocenters. The van der Waals surface area contributed by atoms with Crippen molar-refractivity contribution >= 4 is 29.0 Å². The molecule has 0 fully saturated rings. The standard InChI is InChI=1S/C25H29N5O2S/c1-5-6-9-16-33-25-26-23-22(27-28-25)20-10-7-8-11-21(20)30(17(2)31)24(32-23)18-12-14-19(15-13-18)29(3)4/h7-8,10-15,24H,5-6,9,16H2,1-4H3/t24-/m0/s1. The first-order valence-electron chi connectivity index (χ1n) is 11.2. The number of hydrogen-bond donors (Lipinski definition) is 0. The number of thioether (sulfide) groups is 1. The molecule has 0 bridgehead atoms. The fourth-order valence-corrected chi connectivity index (χ4v) is 4.56. The van der Waals surface area contributed by atoms with Crippen molar-refractivity contribution in [3.63, 3.8) is 0 Å². The van der Waals surface area contributed by atoms with Crippen molar-refractivity contribution < 1.29 is 9.53 Å². The third-order valence-corrected chi connectivity index (χ3v) is 6.45. The first-order valence-corrected chi connectivity index (χ1v) is 12.2. The first kappa shape index (κ1) is 23.0. The van der Waals surface area contributed by atoms with Gasteiger partial charge in [0, 0.05) is 43.6 Å². The van der Waals surface area contributed by atoms with E-state index in [4.69, 9.17) is 9.72 Å². The minimum Gasteiger partial charge on any atom is -0.447 e. The van der Waals surface area contributed by atoms with E-state index in [1.54, 1.807) is 23.6 Å². The minimum atomic E-state index is -0.671. The van der Waals surface area contributed by atoms with E-state index in [2.05, 4.69) is 17.1 Å².